The van der Waals surface area contributed by atoms with Gasteiger partial charge in [-0.3, -0.25) is 9.69 Å². The zero-order valence-electron chi connectivity index (χ0n) is 15.9. The van der Waals surface area contributed by atoms with E-state index in [9.17, 15) is 4.79 Å². The number of methoxy groups -OCH3 is 1. The Hall–Kier alpha value is -1.91. The molecule has 1 aromatic carbocycles. The minimum absolute atomic E-state index is 0.0158. The largest absolute Gasteiger partial charge is 0.469 e. The lowest BCUT2D eigenvalue weighted by Crippen LogP contribution is -2.58. The second kappa shape index (κ2) is 6.61. The summed E-state index contributed by atoms with van der Waals surface area (Å²) in [6, 6.07) is 14.3. The van der Waals surface area contributed by atoms with Gasteiger partial charge in [-0.1, -0.05) is 35.9 Å². The maximum absolute atomic E-state index is 12.5. The average molecular weight is 380 g/mol. The van der Waals surface area contributed by atoms with Crippen LogP contribution in [-0.4, -0.2) is 36.6 Å². The molecule has 3 nitrogen and oxygen atoms in total. The van der Waals surface area contributed by atoms with Crippen LogP contribution >= 0.6 is 11.3 Å². The summed E-state index contributed by atoms with van der Waals surface area (Å²) in [5, 5.41) is 0. The Morgan fingerprint density at radius 1 is 1.19 bits per heavy atom. The van der Waals surface area contributed by atoms with Gasteiger partial charge in [0.2, 0.25) is 0 Å². The van der Waals surface area contributed by atoms with Crippen LogP contribution in [0.15, 0.2) is 42.0 Å². The summed E-state index contributed by atoms with van der Waals surface area (Å²) in [7, 11) is 1.53. The first-order valence-corrected chi connectivity index (χ1v) is 10.7. The molecule has 4 aliphatic heterocycles. The van der Waals surface area contributed by atoms with E-state index in [2.05, 4.69) is 54.3 Å². The molecular formula is C23H25NO2S. The van der Waals surface area contributed by atoms with Crippen molar-refractivity contribution in [3.8, 4) is 10.4 Å². The molecule has 4 fully saturated rings. The molecule has 27 heavy (non-hydrogen) atoms. The number of fused-ring (bicyclic) bond motifs is 1. The quantitative estimate of drug-likeness (QED) is 0.720. The molecule has 140 valence electrons. The van der Waals surface area contributed by atoms with Gasteiger partial charge >= 0.3 is 5.97 Å². The molecule has 4 heteroatoms. The second-order valence-electron chi connectivity index (χ2n) is 8.11. The van der Waals surface area contributed by atoms with Gasteiger partial charge in [0.15, 0.2) is 0 Å². The number of thiophene rings is 1. The van der Waals surface area contributed by atoms with Crippen molar-refractivity contribution in [2.45, 2.75) is 38.3 Å². The lowest BCUT2D eigenvalue weighted by atomic mass is 9.71. The number of aryl methyl sites for hydroxylation is 1. The van der Waals surface area contributed by atoms with Crippen molar-refractivity contribution < 1.29 is 9.53 Å². The van der Waals surface area contributed by atoms with Gasteiger partial charge in [0.1, 0.15) is 0 Å². The van der Waals surface area contributed by atoms with E-state index in [4.69, 9.17) is 4.74 Å². The summed E-state index contributed by atoms with van der Waals surface area (Å²) in [5.74, 6) is 0.339. The Bertz CT molecular complexity index is 897. The fraction of sp³-hybridized carbons (Fsp3) is 0.435. The van der Waals surface area contributed by atoms with E-state index in [0.717, 1.165) is 19.4 Å². The summed E-state index contributed by atoms with van der Waals surface area (Å²) < 4.78 is 5.17. The van der Waals surface area contributed by atoms with Crippen LogP contribution in [0.25, 0.3) is 16.5 Å². The third kappa shape index (κ3) is 2.86. The summed E-state index contributed by atoms with van der Waals surface area (Å²) in [5.41, 5.74) is 3.90. The molecule has 4 saturated heterocycles. The molecule has 0 radical (unpaired) electrons. The summed E-state index contributed by atoms with van der Waals surface area (Å²) in [6.07, 6.45) is 5.80. The number of ether oxygens (including phenoxy) is 1. The SMILES string of the molecule is COC(=O)[C@H]1[C@@H]2C[C@@H]3CC[C@H]1N3C/C2=C\c1ccc(-c2ccc(C)s2)cc1. The molecule has 5 atom stereocenters. The first-order valence-electron chi connectivity index (χ1n) is 9.85. The summed E-state index contributed by atoms with van der Waals surface area (Å²) in [6.45, 7) is 3.16. The summed E-state index contributed by atoms with van der Waals surface area (Å²) >= 11 is 1.83. The summed E-state index contributed by atoms with van der Waals surface area (Å²) in [4.78, 5) is 17.7. The minimum Gasteiger partial charge on any atom is -0.469 e. The molecule has 6 rings (SSSR count). The van der Waals surface area contributed by atoms with Gasteiger partial charge < -0.3 is 4.74 Å². The Morgan fingerprint density at radius 3 is 2.70 bits per heavy atom. The molecule has 0 amide bonds. The standard InChI is InChI=1S/C23H25NO2S/c1-14-3-10-21(27-14)16-6-4-15(5-7-16)11-17-13-24-18-8-9-20(24)22(19(17)12-18)23(25)26-2/h3-7,10-11,18-20,22H,8-9,12-13H2,1-2H3/b17-11+/t18-,19+,20+,22-/m0/s1. The molecule has 0 spiro atoms. The number of esters is 1. The zero-order valence-corrected chi connectivity index (χ0v) is 16.7. The van der Waals surface area contributed by atoms with Crippen molar-refractivity contribution in [1.82, 2.24) is 4.90 Å². The number of nitrogens with zero attached hydrogens (tertiary/aromatic N) is 1. The highest BCUT2D eigenvalue weighted by atomic mass is 32.1. The van der Waals surface area contributed by atoms with Crippen LogP contribution in [0.3, 0.4) is 0 Å². The normalized spacial score (nSPS) is 32.8. The number of carbonyl (C=O) groups excluding carboxylic acids is 1. The Morgan fingerprint density at radius 2 is 2.00 bits per heavy atom. The van der Waals surface area contributed by atoms with Crippen molar-refractivity contribution in [3.63, 3.8) is 0 Å². The van der Waals surface area contributed by atoms with E-state index >= 15 is 0 Å². The maximum Gasteiger partial charge on any atom is 0.310 e. The molecule has 1 aromatic heterocycles. The third-order valence-corrected chi connectivity index (χ3v) is 7.72. The van der Waals surface area contributed by atoms with E-state index in [-0.39, 0.29) is 11.9 Å². The van der Waals surface area contributed by atoms with Crippen molar-refractivity contribution in [2.24, 2.45) is 11.8 Å². The van der Waals surface area contributed by atoms with E-state index in [1.165, 1.54) is 40.0 Å². The predicted molar refractivity (Wildman–Crippen MR) is 110 cm³/mol. The first-order chi connectivity index (χ1) is 13.1. The number of piperidine rings is 3. The molecular weight excluding hydrogens is 354 g/mol. The van der Waals surface area contributed by atoms with Gasteiger partial charge in [-0.25, -0.2) is 0 Å². The van der Waals surface area contributed by atoms with E-state index < -0.39 is 0 Å². The van der Waals surface area contributed by atoms with Crippen molar-refractivity contribution in [2.75, 3.05) is 13.7 Å². The predicted octanol–water partition coefficient (Wildman–Crippen LogP) is 4.76. The van der Waals surface area contributed by atoms with Crippen molar-refractivity contribution in [3.05, 3.63) is 52.4 Å². The Kier molecular flexibility index (Phi) is 4.21. The van der Waals surface area contributed by atoms with E-state index in [1.807, 2.05) is 11.3 Å². The molecule has 4 aliphatic rings. The third-order valence-electron chi connectivity index (χ3n) is 6.67. The molecule has 0 aliphatic carbocycles. The number of hydrogen-bond acceptors (Lipinski definition) is 4. The van der Waals surface area contributed by atoms with Gasteiger partial charge in [0.05, 0.1) is 13.0 Å². The fourth-order valence-electron chi connectivity index (χ4n) is 5.43. The molecule has 5 heterocycles. The van der Waals surface area contributed by atoms with Crippen LogP contribution in [0.2, 0.25) is 0 Å². The van der Waals surface area contributed by atoms with Gasteiger partial charge in [-0.2, -0.15) is 0 Å². The van der Waals surface area contributed by atoms with Crippen LogP contribution in [-0.2, 0) is 9.53 Å². The highest BCUT2D eigenvalue weighted by Crippen LogP contribution is 2.50. The Balaban J connectivity index is 1.43. The van der Waals surface area contributed by atoms with Crippen LogP contribution in [0.4, 0.5) is 0 Å². The van der Waals surface area contributed by atoms with Gasteiger partial charge in [-0.05, 0) is 55.4 Å². The highest BCUT2D eigenvalue weighted by Gasteiger charge is 2.55. The smallest absolute Gasteiger partial charge is 0.310 e. The number of carbonyl (C=O) groups is 1. The average Bonchev–Trinajstić information content (AvgIpc) is 3.25. The van der Waals surface area contributed by atoms with Crippen molar-refractivity contribution >= 4 is 23.4 Å². The molecule has 4 bridgehead atoms. The van der Waals surface area contributed by atoms with Gasteiger partial charge in [0.25, 0.3) is 0 Å². The minimum atomic E-state index is -0.0237. The second-order valence-corrected chi connectivity index (χ2v) is 9.40. The molecule has 2 aromatic rings. The lowest BCUT2D eigenvalue weighted by Gasteiger charge is -2.50. The first kappa shape index (κ1) is 17.2. The van der Waals surface area contributed by atoms with Crippen molar-refractivity contribution in [1.29, 1.82) is 0 Å². The lowest BCUT2D eigenvalue weighted by molar-refractivity contribution is -0.153. The molecule has 0 N–H and O–H groups in total. The fourth-order valence-corrected chi connectivity index (χ4v) is 6.30. The maximum atomic E-state index is 12.5. The molecule has 1 unspecified atom stereocenters. The van der Waals surface area contributed by atoms with Gasteiger partial charge in [0, 0.05) is 28.4 Å². The van der Waals surface area contributed by atoms with Crippen LogP contribution in [0.5, 0.6) is 0 Å². The number of rotatable bonds is 3. The number of hydrogen-bond donors (Lipinski definition) is 0. The number of benzene rings is 1. The van der Waals surface area contributed by atoms with E-state index in [1.54, 1.807) is 0 Å². The highest BCUT2D eigenvalue weighted by molar-refractivity contribution is 7.15. The van der Waals surface area contributed by atoms with Crippen LogP contribution in [0, 0.1) is 18.8 Å². The van der Waals surface area contributed by atoms with E-state index in [0.29, 0.717) is 18.0 Å². The zero-order chi connectivity index (χ0) is 18.5. The Labute approximate surface area is 164 Å². The van der Waals surface area contributed by atoms with Crippen LogP contribution < -0.4 is 0 Å². The van der Waals surface area contributed by atoms with Gasteiger partial charge in [-0.15, -0.1) is 11.3 Å². The monoisotopic (exact) mass is 379 g/mol. The topological polar surface area (TPSA) is 29.5 Å². The van der Waals surface area contributed by atoms with Crippen LogP contribution in [0.1, 0.15) is 29.7 Å². The molecule has 0 saturated carbocycles.